The second kappa shape index (κ2) is 6.05. The summed E-state index contributed by atoms with van der Waals surface area (Å²) in [6.07, 6.45) is 5.52. The number of tetrazole rings is 1. The molecule has 0 aliphatic heterocycles. The molecule has 2 heterocycles. The van der Waals surface area contributed by atoms with Crippen LogP contribution in [-0.4, -0.2) is 30.2 Å². The second-order valence-corrected chi connectivity index (χ2v) is 6.12. The van der Waals surface area contributed by atoms with Crippen LogP contribution < -0.4 is 0 Å². The Hall–Kier alpha value is -1.21. The number of hydrogen-bond donors (Lipinski definition) is 0. The van der Waals surface area contributed by atoms with Crippen molar-refractivity contribution in [3.63, 3.8) is 0 Å². The molecule has 20 heavy (non-hydrogen) atoms. The predicted molar refractivity (Wildman–Crippen MR) is 75.9 cm³/mol. The van der Waals surface area contributed by atoms with Gasteiger partial charge in [0.05, 0.1) is 6.04 Å². The lowest BCUT2D eigenvalue weighted by molar-refractivity contribution is 0.423. The highest BCUT2D eigenvalue weighted by atomic mass is 35.5. The fraction of sp³-hybridized carbons (Fsp3) is 0.583. The highest BCUT2D eigenvalue weighted by Crippen LogP contribution is 2.33. The van der Waals surface area contributed by atoms with Crippen molar-refractivity contribution >= 4 is 23.4 Å². The minimum atomic E-state index is 0.412. The molecule has 0 bridgehead atoms. The molecule has 0 radical (unpaired) electrons. The summed E-state index contributed by atoms with van der Waals surface area (Å²) in [6, 6.07) is 2.16. The molecule has 0 saturated heterocycles. The largest absolute Gasteiger partial charge is 0.226 e. The van der Waals surface area contributed by atoms with Crippen LogP contribution in [0.15, 0.2) is 16.2 Å². The molecule has 1 saturated carbocycles. The van der Waals surface area contributed by atoms with Crippen LogP contribution in [0.3, 0.4) is 0 Å². The quantitative estimate of drug-likeness (QED) is 0.809. The van der Waals surface area contributed by atoms with Gasteiger partial charge in [0.2, 0.25) is 5.16 Å². The summed E-state index contributed by atoms with van der Waals surface area (Å²) in [5.74, 6) is 0.736. The Morgan fingerprint density at radius 1 is 1.35 bits per heavy atom. The standard InChI is InChI=1S/C12H15ClN6S/c1-2-10-14-9(13)7-11(15-10)20-12-16-17-18-19(12)8-5-3-4-6-8/h7-8H,2-6H2,1H3. The molecule has 0 amide bonds. The lowest BCUT2D eigenvalue weighted by atomic mass is 10.3. The van der Waals surface area contributed by atoms with E-state index >= 15 is 0 Å². The molecule has 0 unspecified atom stereocenters. The smallest absolute Gasteiger partial charge is 0.215 e. The Bertz CT molecular complexity index is 595. The lowest BCUT2D eigenvalue weighted by Crippen LogP contribution is -2.08. The van der Waals surface area contributed by atoms with Gasteiger partial charge in [0, 0.05) is 12.5 Å². The maximum Gasteiger partial charge on any atom is 0.215 e. The van der Waals surface area contributed by atoms with Crippen molar-refractivity contribution in [3.8, 4) is 0 Å². The Morgan fingerprint density at radius 2 is 2.15 bits per heavy atom. The molecule has 3 rings (SSSR count). The van der Waals surface area contributed by atoms with Gasteiger partial charge in [0.25, 0.3) is 0 Å². The van der Waals surface area contributed by atoms with E-state index in [2.05, 4.69) is 25.5 Å². The predicted octanol–water partition coefficient (Wildman–Crippen LogP) is 2.95. The molecule has 106 valence electrons. The third-order valence-corrected chi connectivity index (χ3v) is 4.43. The summed E-state index contributed by atoms with van der Waals surface area (Å²) in [4.78, 5) is 8.62. The van der Waals surface area contributed by atoms with Crippen molar-refractivity contribution in [1.82, 2.24) is 30.2 Å². The van der Waals surface area contributed by atoms with E-state index in [1.807, 2.05) is 11.6 Å². The first kappa shape index (κ1) is 13.8. The van der Waals surface area contributed by atoms with Crippen LogP contribution in [0.1, 0.15) is 44.5 Å². The molecule has 0 aromatic carbocycles. The Balaban J connectivity index is 1.84. The van der Waals surface area contributed by atoms with Gasteiger partial charge >= 0.3 is 0 Å². The fourth-order valence-corrected chi connectivity index (χ4v) is 3.51. The van der Waals surface area contributed by atoms with Gasteiger partial charge in [-0.25, -0.2) is 14.6 Å². The van der Waals surface area contributed by atoms with Crippen molar-refractivity contribution in [2.45, 2.75) is 55.3 Å². The van der Waals surface area contributed by atoms with Gasteiger partial charge in [0.15, 0.2) is 0 Å². The number of rotatable bonds is 4. The number of halogens is 1. The molecule has 1 fully saturated rings. The summed E-state index contributed by atoms with van der Waals surface area (Å²) in [5, 5.41) is 14.0. The van der Waals surface area contributed by atoms with Crippen LogP contribution in [0.5, 0.6) is 0 Å². The third-order valence-electron chi connectivity index (χ3n) is 3.36. The van der Waals surface area contributed by atoms with Crippen molar-refractivity contribution in [2.75, 3.05) is 0 Å². The molecular weight excluding hydrogens is 296 g/mol. The summed E-state index contributed by atoms with van der Waals surface area (Å²) in [6.45, 7) is 2.00. The van der Waals surface area contributed by atoms with Gasteiger partial charge in [-0.05, 0) is 35.0 Å². The van der Waals surface area contributed by atoms with Crippen LogP contribution in [0, 0.1) is 0 Å². The van der Waals surface area contributed by atoms with E-state index in [0.717, 1.165) is 35.3 Å². The van der Waals surface area contributed by atoms with E-state index in [1.54, 1.807) is 6.07 Å². The van der Waals surface area contributed by atoms with Crippen LogP contribution in [-0.2, 0) is 6.42 Å². The third kappa shape index (κ3) is 2.93. The molecular formula is C12H15ClN6S. The first-order valence-electron chi connectivity index (χ1n) is 6.75. The topological polar surface area (TPSA) is 69.4 Å². The van der Waals surface area contributed by atoms with E-state index in [-0.39, 0.29) is 0 Å². The molecule has 2 aromatic rings. The minimum Gasteiger partial charge on any atom is -0.226 e. The maximum absolute atomic E-state index is 6.01. The van der Waals surface area contributed by atoms with Gasteiger partial charge in [-0.3, -0.25) is 0 Å². The SMILES string of the molecule is CCc1nc(Cl)cc(Sc2nnnn2C2CCCC2)n1. The van der Waals surface area contributed by atoms with E-state index in [0.29, 0.717) is 11.2 Å². The van der Waals surface area contributed by atoms with Gasteiger partial charge in [-0.1, -0.05) is 31.4 Å². The normalized spacial score (nSPS) is 15.9. The fourth-order valence-electron chi connectivity index (χ4n) is 2.38. The Kier molecular flexibility index (Phi) is 4.16. The zero-order valence-corrected chi connectivity index (χ0v) is 12.7. The highest BCUT2D eigenvalue weighted by Gasteiger charge is 2.22. The second-order valence-electron chi connectivity index (χ2n) is 4.75. The lowest BCUT2D eigenvalue weighted by Gasteiger charge is -2.10. The molecule has 2 aromatic heterocycles. The number of aromatic nitrogens is 6. The van der Waals surface area contributed by atoms with E-state index < -0.39 is 0 Å². The van der Waals surface area contributed by atoms with Crippen molar-refractivity contribution in [3.05, 3.63) is 17.0 Å². The van der Waals surface area contributed by atoms with Gasteiger partial charge in [-0.15, -0.1) is 5.10 Å². The minimum absolute atomic E-state index is 0.412. The number of hydrogen-bond acceptors (Lipinski definition) is 6. The summed E-state index contributed by atoms with van der Waals surface area (Å²) >= 11 is 7.46. The zero-order chi connectivity index (χ0) is 13.9. The van der Waals surface area contributed by atoms with Crippen LogP contribution in [0.4, 0.5) is 0 Å². The average molecular weight is 311 g/mol. The molecule has 0 atom stereocenters. The number of aryl methyl sites for hydroxylation is 1. The van der Waals surface area contributed by atoms with Crippen LogP contribution in [0.2, 0.25) is 5.15 Å². The highest BCUT2D eigenvalue weighted by molar-refractivity contribution is 7.99. The summed E-state index contributed by atoms with van der Waals surface area (Å²) in [7, 11) is 0. The van der Waals surface area contributed by atoms with Gasteiger partial charge < -0.3 is 0 Å². The Labute approximate surface area is 126 Å². The average Bonchev–Trinajstić information content (AvgIpc) is 3.08. The molecule has 0 spiro atoms. The Morgan fingerprint density at radius 3 is 2.90 bits per heavy atom. The van der Waals surface area contributed by atoms with Crippen molar-refractivity contribution in [2.24, 2.45) is 0 Å². The first-order chi connectivity index (χ1) is 9.76. The van der Waals surface area contributed by atoms with Crippen molar-refractivity contribution in [1.29, 1.82) is 0 Å². The van der Waals surface area contributed by atoms with E-state index in [4.69, 9.17) is 11.6 Å². The van der Waals surface area contributed by atoms with Gasteiger partial charge in [0.1, 0.15) is 16.0 Å². The molecule has 8 heteroatoms. The summed E-state index contributed by atoms with van der Waals surface area (Å²) < 4.78 is 1.92. The molecule has 1 aliphatic carbocycles. The first-order valence-corrected chi connectivity index (χ1v) is 7.95. The van der Waals surface area contributed by atoms with E-state index in [9.17, 15) is 0 Å². The van der Waals surface area contributed by atoms with Gasteiger partial charge in [-0.2, -0.15) is 0 Å². The van der Waals surface area contributed by atoms with Crippen LogP contribution in [0.25, 0.3) is 0 Å². The van der Waals surface area contributed by atoms with E-state index in [1.165, 1.54) is 24.6 Å². The summed E-state index contributed by atoms with van der Waals surface area (Å²) in [5.41, 5.74) is 0. The monoisotopic (exact) mass is 310 g/mol. The maximum atomic E-state index is 6.01. The molecule has 1 aliphatic rings. The number of nitrogens with zero attached hydrogens (tertiary/aromatic N) is 6. The molecule has 0 N–H and O–H groups in total. The zero-order valence-electron chi connectivity index (χ0n) is 11.2. The van der Waals surface area contributed by atoms with Crippen molar-refractivity contribution < 1.29 is 0 Å². The molecule has 6 nitrogen and oxygen atoms in total. The van der Waals surface area contributed by atoms with Crippen LogP contribution >= 0.6 is 23.4 Å².